The first kappa shape index (κ1) is 16.9. The Hall–Kier alpha value is -0.480. The van der Waals surface area contributed by atoms with Crippen LogP contribution in [0.4, 0.5) is 4.79 Å². The summed E-state index contributed by atoms with van der Waals surface area (Å²) < 4.78 is 5.10. The number of nitrogens with two attached hydrogens (primary N) is 1. The first-order chi connectivity index (χ1) is 6.20. The van der Waals surface area contributed by atoms with E-state index in [0.717, 1.165) is 6.42 Å². The van der Waals surface area contributed by atoms with Crippen molar-refractivity contribution in [1.82, 2.24) is 5.32 Å². The molecule has 0 radical (unpaired) electrons. The van der Waals surface area contributed by atoms with Crippen LogP contribution in [-0.2, 0) is 4.74 Å². The van der Waals surface area contributed by atoms with Gasteiger partial charge in [-0.15, -0.1) is 12.4 Å². The fourth-order valence-electron chi connectivity index (χ4n) is 1.13. The maximum atomic E-state index is 11.3. The van der Waals surface area contributed by atoms with E-state index in [-0.39, 0.29) is 30.6 Å². The molecule has 15 heavy (non-hydrogen) atoms. The summed E-state index contributed by atoms with van der Waals surface area (Å²) in [6.07, 6.45) is 0.366. The molecule has 4 nitrogen and oxygen atoms in total. The van der Waals surface area contributed by atoms with E-state index >= 15 is 0 Å². The summed E-state index contributed by atoms with van der Waals surface area (Å²) in [5, 5.41) is 2.73. The largest absolute Gasteiger partial charge is 0.444 e. The van der Waals surface area contributed by atoms with E-state index < -0.39 is 5.60 Å². The molecule has 1 amide bonds. The summed E-state index contributed by atoms with van der Waals surface area (Å²) in [6.45, 7) is 9.33. The van der Waals surface area contributed by atoms with Crippen molar-refractivity contribution in [3.63, 3.8) is 0 Å². The Bertz CT molecular complexity index is 190. The van der Waals surface area contributed by atoms with Crippen LogP contribution in [0, 0.1) is 0 Å². The number of carbonyl (C=O) groups excluding carboxylic acids is 1. The van der Waals surface area contributed by atoms with Crippen LogP contribution in [0.15, 0.2) is 0 Å². The second-order valence-electron chi connectivity index (χ2n) is 4.76. The summed E-state index contributed by atoms with van der Waals surface area (Å²) in [4.78, 5) is 11.3. The second-order valence-corrected chi connectivity index (χ2v) is 4.76. The molecule has 5 heteroatoms. The van der Waals surface area contributed by atoms with Gasteiger partial charge in [0.05, 0.1) is 0 Å². The molecule has 2 atom stereocenters. The molecule has 0 aliphatic heterocycles. The van der Waals surface area contributed by atoms with E-state index in [1.54, 1.807) is 0 Å². The van der Waals surface area contributed by atoms with Gasteiger partial charge in [0.1, 0.15) is 5.60 Å². The first-order valence-electron chi connectivity index (χ1n) is 4.96. The van der Waals surface area contributed by atoms with Crippen molar-refractivity contribution in [3.05, 3.63) is 0 Å². The van der Waals surface area contributed by atoms with Crippen LogP contribution in [0.1, 0.15) is 41.0 Å². The Morgan fingerprint density at radius 1 is 1.40 bits per heavy atom. The zero-order valence-electron chi connectivity index (χ0n) is 10.2. The summed E-state index contributed by atoms with van der Waals surface area (Å²) in [6, 6.07) is 0.129. The van der Waals surface area contributed by atoms with Gasteiger partial charge in [0.25, 0.3) is 0 Å². The quantitative estimate of drug-likeness (QED) is 0.791. The Kier molecular flexibility index (Phi) is 7.79. The summed E-state index contributed by atoms with van der Waals surface area (Å²) in [5.74, 6) is 0. The van der Waals surface area contributed by atoms with Gasteiger partial charge >= 0.3 is 6.09 Å². The number of alkyl carbamates (subject to hydrolysis) is 1. The number of ether oxygens (including phenoxy) is 1. The van der Waals surface area contributed by atoms with Crippen molar-refractivity contribution < 1.29 is 9.53 Å². The number of halogens is 1. The van der Waals surface area contributed by atoms with E-state index in [2.05, 4.69) is 5.32 Å². The van der Waals surface area contributed by atoms with Crippen molar-refractivity contribution in [1.29, 1.82) is 0 Å². The van der Waals surface area contributed by atoms with Crippen molar-refractivity contribution >= 4 is 18.5 Å². The molecule has 0 aromatic heterocycles. The van der Waals surface area contributed by atoms with Crippen LogP contribution in [-0.4, -0.2) is 23.8 Å². The third-order valence-corrected chi connectivity index (χ3v) is 1.49. The van der Waals surface area contributed by atoms with E-state index in [0.29, 0.717) is 0 Å². The minimum absolute atomic E-state index is 0. The van der Waals surface area contributed by atoms with Crippen molar-refractivity contribution in [2.45, 2.75) is 58.7 Å². The second kappa shape index (κ2) is 6.90. The molecule has 0 aromatic rings. The van der Waals surface area contributed by atoms with Gasteiger partial charge in [0, 0.05) is 12.1 Å². The number of nitrogens with one attached hydrogen (secondary N) is 1. The maximum absolute atomic E-state index is 11.3. The predicted molar refractivity (Wildman–Crippen MR) is 64.3 cm³/mol. The van der Waals surface area contributed by atoms with Gasteiger partial charge < -0.3 is 15.8 Å². The monoisotopic (exact) mass is 238 g/mol. The zero-order valence-corrected chi connectivity index (χ0v) is 11.0. The molecule has 0 aromatic carbocycles. The van der Waals surface area contributed by atoms with Gasteiger partial charge in [-0.3, -0.25) is 0 Å². The maximum Gasteiger partial charge on any atom is 0.407 e. The van der Waals surface area contributed by atoms with E-state index in [9.17, 15) is 4.79 Å². The van der Waals surface area contributed by atoms with Crippen LogP contribution in [0.2, 0.25) is 0 Å². The summed E-state index contributed by atoms with van der Waals surface area (Å²) in [7, 11) is 0. The Morgan fingerprint density at radius 3 is 2.20 bits per heavy atom. The third-order valence-electron chi connectivity index (χ3n) is 1.49. The highest BCUT2D eigenvalue weighted by Gasteiger charge is 2.17. The molecule has 0 aliphatic rings. The molecular formula is C10H23ClN2O2. The zero-order chi connectivity index (χ0) is 11.4. The lowest BCUT2D eigenvalue weighted by Crippen LogP contribution is -2.39. The molecule has 3 N–H and O–H groups in total. The fourth-order valence-corrected chi connectivity index (χ4v) is 1.13. The van der Waals surface area contributed by atoms with Crippen LogP contribution < -0.4 is 11.1 Å². The average Bonchev–Trinajstić information content (AvgIpc) is 1.77. The lowest BCUT2D eigenvalue weighted by molar-refractivity contribution is 0.0505. The van der Waals surface area contributed by atoms with Crippen LogP contribution in [0.3, 0.4) is 0 Å². The predicted octanol–water partition coefficient (Wildman–Crippen LogP) is 2.06. The van der Waals surface area contributed by atoms with E-state index in [1.807, 2.05) is 34.6 Å². The highest BCUT2D eigenvalue weighted by Crippen LogP contribution is 2.07. The highest BCUT2D eigenvalue weighted by molar-refractivity contribution is 5.85. The summed E-state index contributed by atoms with van der Waals surface area (Å²) in [5.41, 5.74) is 5.16. The molecule has 0 unspecified atom stereocenters. The standard InChI is InChI=1S/C10H22N2O2.ClH/c1-7(11)6-8(2)12-9(13)14-10(3,4)5;/h7-8H,6,11H2,1-5H3,(H,12,13);1H/t7-,8-;/m1./s1. The van der Waals surface area contributed by atoms with Gasteiger partial charge in [0.15, 0.2) is 0 Å². The topological polar surface area (TPSA) is 64.3 Å². The van der Waals surface area contributed by atoms with Crippen LogP contribution in [0.25, 0.3) is 0 Å². The average molecular weight is 239 g/mol. The van der Waals surface area contributed by atoms with Crippen LogP contribution >= 0.6 is 12.4 Å². The van der Waals surface area contributed by atoms with Crippen molar-refractivity contribution in [2.24, 2.45) is 5.73 Å². The van der Waals surface area contributed by atoms with Crippen LogP contribution in [0.5, 0.6) is 0 Å². The van der Waals surface area contributed by atoms with Gasteiger partial charge in [-0.25, -0.2) is 4.79 Å². The molecule has 0 aliphatic carbocycles. The number of carbonyl (C=O) groups is 1. The lowest BCUT2D eigenvalue weighted by Gasteiger charge is -2.22. The Labute approximate surface area is 98.3 Å². The number of rotatable bonds is 3. The summed E-state index contributed by atoms with van der Waals surface area (Å²) >= 11 is 0. The number of amides is 1. The lowest BCUT2D eigenvalue weighted by atomic mass is 10.1. The molecule has 0 heterocycles. The van der Waals surface area contributed by atoms with Crippen molar-refractivity contribution in [2.75, 3.05) is 0 Å². The van der Waals surface area contributed by atoms with Gasteiger partial charge in [-0.05, 0) is 41.0 Å². The first-order valence-corrected chi connectivity index (χ1v) is 4.96. The smallest absolute Gasteiger partial charge is 0.407 e. The molecule has 0 saturated heterocycles. The minimum atomic E-state index is -0.446. The fraction of sp³-hybridized carbons (Fsp3) is 0.900. The SMILES string of the molecule is C[C@H](C[C@@H](C)N)NC(=O)OC(C)(C)C.Cl. The molecule has 0 fully saturated rings. The molecule has 0 saturated carbocycles. The molecule has 0 spiro atoms. The van der Waals surface area contributed by atoms with Gasteiger partial charge in [-0.2, -0.15) is 0 Å². The molecular weight excluding hydrogens is 216 g/mol. The van der Waals surface area contributed by atoms with Crippen molar-refractivity contribution in [3.8, 4) is 0 Å². The number of hydrogen-bond donors (Lipinski definition) is 2. The number of hydrogen-bond acceptors (Lipinski definition) is 3. The minimum Gasteiger partial charge on any atom is -0.444 e. The van der Waals surface area contributed by atoms with Gasteiger partial charge in [-0.1, -0.05) is 0 Å². The molecule has 92 valence electrons. The Morgan fingerprint density at radius 2 is 1.87 bits per heavy atom. The normalized spacial score (nSPS) is 14.8. The highest BCUT2D eigenvalue weighted by atomic mass is 35.5. The molecule has 0 rings (SSSR count). The molecule has 0 bridgehead atoms. The van der Waals surface area contributed by atoms with E-state index in [1.165, 1.54) is 0 Å². The Balaban J connectivity index is 0. The van der Waals surface area contributed by atoms with Gasteiger partial charge in [0.2, 0.25) is 0 Å². The van der Waals surface area contributed by atoms with E-state index in [4.69, 9.17) is 10.5 Å². The third kappa shape index (κ3) is 11.4.